The van der Waals surface area contributed by atoms with Crippen LogP contribution in [0.25, 0.3) is 11.1 Å². The number of thiazole rings is 1. The maximum absolute atomic E-state index is 13.1. The minimum Gasteiger partial charge on any atom is -0.461 e. The molecule has 0 saturated heterocycles. The Morgan fingerprint density at radius 3 is 2.44 bits per heavy atom. The maximum atomic E-state index is 13.1. The van der Waals surface area contributed by atoms with Crippen LogP contribution in [0.15, 0.2) is 35.7 Å². The molecule has 0 atom stereocenters. The Bertz CT molecular complexity index is 1090. The van der Waals surface area contributed by atoms with Crippen molar-refractivity contribution < 1.29 is 19.1 Å². The van der Waals surface area contributed by atoms with E-state index in [9.17, 15) is 9.59 Å². The monoisotopic (exact) mass is 452 g/mol. The first kappa shape index (κ1) is 23.6. The van der Waals surface area contributed by atoms with E-state index in [1.54, 1.807) is 12.3 Å². The molecule has 0 aliphatic heterocycles. The van der Waals surface area contributed by atoms with E-state index in [-0.39, 0.29) is 18.9 Å². The van der Waals surface area contributed by atoms with Gasteiger partial charge in [0.2, 0.25) is 0 Å². The molecule has 32 heavy (non-hydrogen) atoms. The first-order valence-corrected chi connectivity index (χ1v) is 11.7. The summed E-state index contributed by atoms with van der Waals surface area (Å²) >= 11 is 1.25. The molecular formula is C25H28N2O4S. The third kappa shape index (κ3) is 5.79. The number of ether oxygens (including phenoxy) is 2. The van der Waals surface area contributed by atoms with E-state index in [0.29, 0.717) is 16.3 Å². The Labute approximate surface area is 192 Å². The van der Waals surface area contributed by atoms with Crippen LogP contribution in [0.5, 0.6) is 0 Å². The highest BCUT2D eigenvalue weighted by molar-refractivity contribution is 7.09. The number of carbonyl (C=O) groups excluding carboxylic acids is 2. The minimum absolute atomic E-state index is 0.0206. The van der Waals surface area contributed by atoms with Gasteiger partial charge in [-0.3, -0.25) is 4.98 Å². The van der Waals surface area contributed by atoms with Gasteiger partial charge in [-0.05, 0) is 50.8 Å². The van der Waals surface area contributed by atoms with E-state index in [4.69, 9.17) is 9.47 Å². The number of pyridine rings is 1. The smallest absolute Gasteiger partial charge is 0.357 e. The number of rotatable bonds is 9. The fourth-order valence-electron chi connectivity index (χ4n) is 3.32. The van der Waals surface area contributed by atoms with Crippen LogP contribution in [0.3, 0.4) is 0 Å². The molecule has 3 aromatic rings. The van der Waals surface area contributed by atoms with E-state index in [0.717, 1.165) is 41.6 Å². The fourth-order valence-corrected chi connectivity index (χ4v) is 3.99. The normalized spacial score (nSPS) is 10.8. The van der Waals surface area contributed by atoms with Gasteiger partial charge in [0.1, 0.15) is 11.6 Å². The van der Waals surface area contributed by atoms with Crippen LogP contribution in [-0.2, 0) is 22.5 Å². The zero-order valence-corrected chi connectivity index (χ0v) is 19.8. The predicted octanol–water partition coefficient (Wildman–Crippen LogP) is 5.70. The van der Waals surface area contributed by atoms with Crippen molar-refractivity contribution in [2.75, 3.05) is 6.61 Å². The van der Waals surface area contributed by atoms with E-state index < -0.39 is 11.9 Å². The molecule has 0 aliphatic rings. The third-order valence-electron chi connectivity index (χ3n) is 4.97. The van der Waals surface area contributed by atoms with Gasteiger partial charge in [-0.15, -0.1) is 11.3 Å². The van der Waals surface area contributed by atoms with Gasteiger partial charge in [0, 0.05) is 11.1 Å². The van der Waals surface area contributed by atoms with Crippen LogP contribution >= 0.6 is 11.3 Å². The van der Waals surface area contributed by atoms with Gasteiger partial charge in [0.15, 0.2) is 5.69 Å². The van der Waals surface area contributed by atoms with Gasteiger partial charge in [-0.2, -0.15) is 0 Å². The van der Waals surface area contributed by atoms with Gasteiger partial charge in [0.05, 0.1) is 17.9 Å². The van der Waals surface area contributed by atoms with Gasteiger partial charge < -0.3 is 9.47 Å². The van der Waals surface area contributed by atoms with Crippen LogP contribution in [0.2, 0.25) is 0 Å². The number of carbonyl (C=O) groups is 2. The summed E-state index contributed by atoms with van der Waals surface area (Å²) in [6.45, 7) is 8.01. The summed E-state index contributed by atoms with van der Waals surface area (Å²) in [5.74, 6) is -0.939. The highest BCUT2D eigenvalue weighted by atomic mass is 32.1. The van der Waals surface area contributed by atoms with Crippen molar-refractivity contribution in [3.8, 4) is 11.1 Å². The molecule has 3 rings (SSSR count). The second-order valence-corrected chi connectivity index (χ2v) is 8.46. The van der Waals surface area contributed by atoms with Gasteiger partial charge in [-0.1, -0.05) is 43.2 Å². The first-order valence-electron chi connectivity index (χ1n) is 10.8. The quantitative estimate of drug-likeness (QED) is 0.388. The Balaban J connectivity index is 1.86. The molecule has 168 valence electrons. The molecule has 6 nitrogen and oxygen atoms in total. The number of hydrogen-bond acceptors (Lipinski definition) is 7. The van der Waals surface area contributed by atoms with Crippen LogP contribution in [0.4, 0.5) is 0 Å². The highest BCUT2D eigenvalue weighted by Crippen LogP contribution is 2.28. The number of aromatic nitrogens is 2. The molecule has 0 unspecified atom stereocenters. The number of aryl methyl sites for hydroxylation is 3. The third-order valence-corrected chi connectivity index (χ3v) is 5.79. The predicted molar refractivity (Wildman–Crippen MR) is 125 cm³/mol. The standard InChI is InChI=1S/C25H28N2O4S/c1-5-7-8-19-13-20(18-11-9-16(3)10-12-18)23(17(4)26-19)25(29)31-14-22-27-21(15-32-22)24(28)30-6-2/h9-13,15H,5-8,14H2,1-4H3. The molecule has 0 fully saturated rings. The lowest BCUT2D eigenvalue weighted by Gasteiger charge is -2.14. The number of hydrogen-bond donors (Lipinski definition) is 0. The van der Waals surface area contributed by atoms with Crippen LogP contribution in [0, 0.1) is 13.8 Å². The van der Waals surface area contributed by atoms with Crippen molar-refractivity contribution in [1.29, 1.82) is 0 Å². The zero-order chi connectivity index (χ0) is 23.1. The largest absolute Gasteiger partial charge is 0.461 e. The van der Waals surface area contributed by atoms with E-state index in [2.05, 4.69) is 16.9 Å². The number of benzene rings is 1. The molecule has 0 bridgehead atoms. The summed E-state index contributed by atoms with van der Waals surface area (Å²) in [6, 6.07) is 10.1. The molecule has 0 radical (unpaired) electrons. The van der Waals surface area contributed by atoms with Crippen LogP contribution < -0.4 is 0 Å². The van der Waals surface area contributed by atoms with Crippen molar-refractivity contribution in [2.24, 2.45) is 0 Å². The number of esters is 2. The number of nitrogens with zero attached hydrogens (tertiary/aromatic N) is 2. The van der Waals surface area contributed by atoms with Crippen molar-refractivity contribution in [1.82, 2.24) is 9.97 Å². The number of unbranched alkanes of at least 4 members (excludes halogenated alkanes) is 1. The molecule has 0 saturated carbocycles. The average molecular weight is 453 g/mol. The lowest BCUT2D eigenvalue weighted by molar-refractivity contribution is 0.0471. The lowest BCUT2D eigenvalue weighted by atomic mass is 9.96. The molecular weight excluding hydrogens is 424 g/mol. The molecule has 0 aliphatic carbocycles. The Morgan fingerprint density at radius 2 is 1.75 bits per heavy atom. The molecule has 0 spiro atoms. The van der Waals surface area contributed by atoms with Crippen LogP contribution in [-0.4, -0.2) is 28.5 Å². The van der Waals surface area contributed by atoms with Gasteiger partial charge in [0.25, 0.3) is 0 Å². The van der Waals surface area contributed by atoms with E-state index in [1.807, 2.05) is 44.2 Å². The molecule has 7 heteroatoms. The Morgan fingerprint density at radius 1 is 1.00 bits per heavy atom. The SMILES string of the molecule is CCCCc1cc(-c2ccc(C)cc2)c(C(=O)OCc2nc(C(=O)OCC)cs2)c(C)n1. The Kier molecular flexibility index (Phi) is 8.11. The van der Waals surface area contributed by atoms with Crippen molar-refractivity contribution in [3.63, 3.8) is 0 Å². The van der Waals surface area contributed by atoms with Gasteiger partial charge in [-0.25, -0.2) is 14.6 Å². The van der Waals surface area contributed by atoms with E-state index in [1.165, 1.54) is 11.3 Å². The van der Waals surface area contributed by atoms with E-state index >= 15 is 0 Å². The van der Waals surface area contributed by atoms with Gasteiger partial charge >= 0.3 is 11.9 Å². The molecule has 1 aromatic carbocycles. The average Bonchev–Trinajstić information content (AvgIpc) is 3.25. The Hall–Kier alpha value is -3.06. The zero-order valence-electron chi connectivity index (χ0n) is 18.9. The second-order valence-electron chi connectivity index (χ2n) is 7.51. The summed E-state index contributed by atoms with van der Waals surface area (Å²) in [5.41, 5.74) is 5.21. The maximum Gasteiger partial charge on any atom is 0.357 e. The highest BCUT2D eigenvalue weighted by Gasteiger charge is 2.21. The molecule has 0 amide bonds. The minimum atomic E-state index is -0.481. The summed E-state index contributed by atoms with van der Waals surface area (Å²) in [6.07, 6.45) is 2.98. The summed E-state index contributed by atoms with van der Waals surface area (Å²) in [4.78, 5) is 33.8. The molecule has 2 heterocycles. The summed E-state index contributed by atoms with van der Waals surface area (Å²) < 4.78 is 10.5. The first-order chi connectivity index (χ1) is 15.4. The van der Waals surface area contributed by atoms with Crippen molar-refractivity contribution in [2.45, 2.75) is 53.6 Å². The topological polar surface area (TPSA) is 78.4 Å². The van der Waals surface area contributed by atoms with Crippen molar-refractivity contribution in [3.05, 3.63) is 68.9 Å². The fraction of sp³-hybridized carbons (Fsp3) is 0.360. The summed E-state index contributed by atoms with van der Waals surface area (Å²) in [7, 11) is 0. The molecule has 0 N–H and O–H groups in total. The molecule has 2 aromatic heterocycles. The summed E-state index contributed by atoms with van der Waals surface area (Å²) in [5, 5.41) is 2.14. The lowest BCUT2D eigenvalue weighted by Crippen LogP contribution is -2.12. The van der Waals surface area contributed by atoms with Crippen LogP contribution in [0.1, 0.15) is 69.5 Å². The second kappa shape index (κ2) is 11.0. The van der Waals surface area contributed by atoms with Crippen molar-refractivity contribution >= 4 is 23.3 Å².